The topological polar surface area (TPSA) is 106 Å². The van der Waals surface area contributed by atoms with Gasteiger partial charge in [0.15, 0.2) is 18.1 Å². The van der Waals surface area contributed by atoms with E-state index in [2.05, 4.69) is 10.5 Å². The molecule has 0 aliphatic carbocycles. The van der Waals surface area contributed by atoms with E-state index < -0.39 is 10.8 Å². The molecule has 2 aromatic rings. The fraction of sp³-hybridized carbons (Fsp3) is 0.300. The summed E-state index contributed by atoms with van der Waals surface area (Å²) < 4.78 is 10.6. The molecule has 0 aliphatic heterocycles. The number of hydrogen-bond donors (Lipinski definition) is 1. The summed E-state index contributed by atoms with van der Waals surface area (Å²) in [6.45, 7) is 5.18. The second-order valence-electron chi connectivity index (χ2n) is 5.91. The summed E-state index contributed by atoms with van der Waals surface area (Å²) in [5.41, 5.74) is 3.65. The molecule has 0 heterocycles. The van der Waals surface area contributed by atoms with Crippen molar-refractivity contribution in [2.75, 3.05) is 31.7 Å². The third-order valence-electron chi connectivity index (χ3n) is 4.15. The van der Waals surface area contributed by atoms with Crippen LogP contribution in [0.15, 0.2) is 47.6 Å². The van der Waals surface area contributed by atoms with Gasteiger partial charge in [-0.25, -0.2) is 5.43 Å². The van der Waals surface area contributed by atoms with Crippen molar-refractivity contribution in [3.8, 4) is 11.5 Å². The molecule has 9 heteroatoms. The number of methoxy groups -OCH3 is 1. The van der Waals surface area contributed by atoms with Crippen molar-refractivity contribution < 1.29 is 19.2 Å². The molecule has 1 N–H and O–H groups in total. The van der Waals surface area contributed by atoms with Crippen LogP contribution in [-0.2, 0) is 4.79 Å². The fourth-order valence-electron chi connectivity index (χ4n) is 2.70. The van der Waals surface area contributed by atoms with Crippen LogP contribution < -0.4 is 19.8 Å². The largest absolute Gasteiger partial charge is 0.493 e. The predicted molar refractivity (Wildman–Crippen MR) is 111 cm³/mol. The van der Waals surface area contributed by atoms with E-state index in [1.807, 2.05) is 18.7 Å². The number of non-ortho nitro benzene ring substituents is 1. The molecule has 1 amide bonds. The van der Waals surface area contributed by atoms with Gasteiger partial charge in [0.25, 0.3) is 11.6 Å². The maximum absolute atomic E-state index is 12.0. The Balaban J connectivity index is 2.07. The molecule has 9 nitrogen and oxygen atoms in total. The summed E-state index contributed by atoms with van der Waals surface area (Å²) in [5, 5.41) is 15.0. The Morgan fingerprint density at radius 3 is 2.52 bits per heavy atom. The molecular formula is C20H24N4O5. The number of benzene rings is 2. The number of rotatable bonds is 10. The van der Waals surface area contributed by atoms with Gasteiger partial charge in [-0.05, 0) is 32.0 Å². The number of nitro benzene ring substituents is 1. The molecule has 0 aromatic heterocycles. The average Bonchev–Trinajstić information content (AvgIpc) is 2.74. The molecule has 0 aliphatic rings. The SMILES string of the molecule is CCN(CC)c1ccc([N+](=O)[O-])cc1/C=N\NC(=O)COc1ccccc1OC. The van der Waals surface area contributed by atoms with Crippen LogP contribution in [0.4, 0.5) is 11.4 Å². The van der Waals surface area contributed by atoms with Crippen molar-refractivity contribution in [3.63, 3.8) is 0 Å². The van der Waals surface area contributed by atoms with Crippen LogP contribution in [0.25, 0.3) is 0 Å². The molecule has 29 heavy (non-hydrogen) atoms. The Hall–Kier alpha value is -3.62. The van der Waals surface area contributed by atoms with Gasteiger partial charge in [0.05, 0.1) is 18.2 Å². The lowest BCUT2D eigenvalue weighted by Gasteiger charge is -2.22. The Kier molecular flexibility index (Phi) is 7.96. The normalized spacial score (nSPS) is 10.6. The van der Waals surface area contributed by atoms with Crippen LogP contribution in [0.1, 0.15) is 19.4 Å². The smallest absolute Gasteiger partial charge is 0.277 e. The lowest BCUT2D eigenvalue weighted by atomic mass is 10.1. The van der Waals surface area contributed by atoms with E-state index >= 15 is 0 Å². The molecule has 154 valence electrons. The number of anilines is 1. The summed E-state index contributed by atoms with van der Waals surface area (Å²) >= 11 is 0. The maximum Gasteiger partial charge on any atom is 0.277 e. The third-order valence-corrected chi connectivity index (χ3v) is 4.15. The van der Waals surface area contributed by atoms with Crippen molar-refractivity contribution in [2.24, 2.45) is 5.10 Å². The number of nitro groups is 1. The first-order valence-corrected chi connectivity index (χ1v) is 9.11. The van der Waals surface area contributed by atoms with Gasteiger partial charge >= 0.3 is 0 Å². The monoisotopic (exact) mass is 400 g/mol. The molecule has 0 radical (unpaired) electrons. The van der Waals surface area contributed by atoms with E-state index in [4.69, 9.17) is 9.47 Å². The number of para-hydroxylation sites is 2. The summed E-state index contributed by atoms with van der Waals surface area (Å²) in [7, 11) is 1.51. The predicted octanol–water partition coefficient (Wildman–Crippen LogP) is 2.98. The number of hydrogen-bond acceptors (Lipinski definition) is 7. The molecule has 0 spiro atoms. The zero-order chi connectivity index (χ0) is 21.2. The highest BCUT2D eigenvalue weighted by Crippen LogP contribution is 2.26. The molecule has 0 saturated carbocycles. The van der Waals surface area contributed by atoms with Gasteiger partial charge in [-0.3, -0.25) is 14.9 Å². The van der Waals surface area contributed by atoms with E-state index in [-0.39, 0.29) is 12.3 Å². The van der Waals surface area contributed by atoms with Gasteiger partial charge in [-0.1, -0.05) is 12.1 Å². The van der Waals surface area contributed by atoms with Crippen molar-refractivity contribution >= 4 is 23.5 Å². The van der Waals surface area contributed by atoms with Gasteiger partial charge in [0.2, 0.25) is 0 Å². The van der Waals surface area contributed by atoms with Gasteiger partial charge in [-0.2, -0.15) is 5.10 Å². The number of ether oxygens (including phenoxy) is 2. The van der Waals surface area contributed by atoms with Crippen molar-refractivity contribution in [3.05, 3.63) is 58.1 Å². The summed E-state index contributed by atoms with van der Waals surface area (Å²) in [4.78, 5) is 24.7. The molecular weight excluding hydrogens is 376 g/mol. The summed E-state index contributed by atoms with van der Waals surface area (Å²) in [5.74, 6) is 0.489. The van der Waals surface area contributed by atoms with Crippen LogP contribution >= 0.6 is 0 Å². The standard InChI is InChI=1S/C20H24N4O5/c1-4-23(5-2)17-11-10-16(24(26)27)12-15(17)13-21-22-20(25)14-29-19-9-7-6-8-18(19)28-3/h6-13H,4-5,14H2,1-3H3,(H,22,25)/b21-13-. The van der Waals surface area contributed by atoms with Crippen LogP contribution in [-0.4, -0.2) is 43.9 Å². The number of hydrazone groups is 1. The lowest BCUT2D eigenvalue weighted by molar-refractivity contribution is -0.384. The second kappa shape index (κ2) is 10.6. The Labute approximate surface area is 169 Å². The molecule has 2 rings (SSSR count). The van der Waals surface area contributed by atoms with Gasteiger partial charge in [0, 0.05) is 36.5 Å². The van der Waals surface area contributed by atoms with E-state index in [1.54, 1.807) is 30.3 Å². The van der Waals surface area contributed by atoms with Gasteiger partial charge in [0.1, 0.15) is 0 Å². The Morgan fingerprint density at radius 2 is 1.90 bits per heavy atom. The Morgan fingerprint density at radius 1 is 1.21 bits per heavy atom. The third kappa shape index (κ3) is 5.93. The number of carbonyl (C=O) groups excluding carboxylic acids is 1. The van der Waals surface area contributed by atoms with Gasteiger partial charge in [-0.15, -0.1) is 0 Å². The van der Waals surface area contributed by atoms with Crippen molar-refractivity contribution in [1.82, 2.24) is 5.43 Å². The van der Waals surface area contributed by atoms with Crippen LogP contribution in [0.2, 0.25) is 0 Å². The van der Waals surface area contributed by atoms with Crippen LogP contribution in [0.5, 0.6) is 11.5 Å². The number of amides is 1. The minimum Gasteiger partial charge on any atom is -0.493 e. The molecule has 2 aromatic carbocycles. The Bertz CT molecular complexity index is 881. The first-order valence-electron chi connectivity index (χ1n) is 9.11. The number of nitrogens with one attached hydrogen (secondary N) is 1. The molecule has 0 atom stereocenters. The van der Waals surface area contributed by atoms with Crippen LogP contribution in [0.3, 0.4) is 0 Å². The van der Waals surface area contributed by atoms with E-state index in [0.717, 1.165) is 18.8 Å². The minimum atomic E-state index is -0.470. The minimum absolute atomic E-state index is 0.0480. The van der Waals surface area contributed by atoms with Crippen molar-refractivity contribution in [2.45, 2.75) is 13.8 Å². The summed E-state index contributed by atoms with van der Waals surface area (Å²) in [6, 6.07) is 11.5. The highest BCUT2D eigenvalue weighted by atomic mass is 16.6. The highest BCUT2D eigenvalue weighted by Gasteiger charge is 2.13. The quantitative estimate of drug-likeness (QED) is 0.373. The number of carbonyl (C=O) groups is 1. The average molecular weight is 400 g/mol. The van der Waals surface area contributed by atoms with E-state index in [9.17, 15) is 14.9 Å². The molecule has 0 bridgehead atoms. The molecule has 0 saturated heterocycles. The second-order valence-corrected chi connectivity index (χ2v) is 5.91. The van der Waals surface area contributed by atoms with E-state index in [1.165, 1.54) is 25.5 Å². The first-order chi connectivity index (χ1) is 14.0. The zero-order valence-corrected chi connectivity index (χ0v) is 16.6. The molecule has 0 fully saturated rings. The number of nitrogens with zero attached hydrogens (tertiary/aromatic N) is 3. The zero-order valence-electron chi connectivity index (χ0n) is 16.6. The van der Waals surface area contributed by atoms with Crippen molar-refractivity contribution in [1.29, 1.82) is 0 Å². The lowest BCUT2D eigenvalue weighted by Crippen LogP contribution is -2.25. The molecule has 0 unspecified atom stereocenters. The fourth-order valence-corrected chi connectivity index (χ4v) is 2.70. The van der Waals surface area contributed by atoms with E-state index in [0.29, 0.717) is 17.1 Å². The highest BCUT2D eigenvalue weighted by molar-refractivity contribution is 5.90. The summed E-state index contributed by atoms with van der Waals surface area (Å²) in [6.07, 6.45) is 1.39. The first kappa shape index (κ1) is 21.7. The van der Waals surface area contributed by atoms with Gasteiger partial charge < -0.3 is 14.4 Å². The maximum atomic E-state index is 12.0. The van der Waals surface area contributed by atoms with Crippen LogP contribution in [0, 0.1) is 10.1 Å².